The summed E-state index contributed by atoms with van der Waals surface area (Å²) >= 11 is 0. The quantitative estimate of drug-likeness (QED) is 0.499. The first-order valence-corrected chi connectivity index (χ1v) is 8.08. The predicted octanol–water partition coefficient (Wildman–Crippen LogP) is 3.05. The van der Waals surface area contributed by atoms with Gasteiger partial charge in [0.1, 0.15) is 5.75 Å². The molecule has 0 spiro atoms. The van der Waals surface area contributed by atoms with Crippen molar-refractivity contribution in [1.29, 1.82) is 0 Å². The number of aromatic nitrogens is 4. The number of hydrogen-bond donors (Lipinski definition) is 0. The van der Waals surface area contributed by atoms with Gasteiger partial charge in [-0.25, -0.2) is 4.79 Å². The topological polar surface area (TPSA) is 100 Å². The fourth-order valence-corrected chi connectivity index (χ4v) is 2.49. The molecule has 0 aliphatic rings. The van der Waals surface area contributed by atoms with Crippen LogP contribution in [0.2, 0.25) is 0 Å². The Morgan fingerprint density at radius 3 is 2.78 bits per heavy atom. The van der Waals surface area contributed by atoms with Crippen LogP contribution in [0, 0.1) is 0 Å². The molecule has 134 valence electrons. The Kier molecular flexibility index (Phi) is 4.44. The van der Waals surface area contributed by atoms with E-state index in [1.54, 1.807) is 43.8 Å². The van der Waals surface area contributed by atoms with Crippen molar-refractivity contribution < 1.29 is 18.8 Å². The molecule has 0 N–H and O–H groups in total. The molecule has 0 unspecified atom stereocenters. The lowest BCUT2D eigenvalue weighted by atomic mass is 10.2. The van der Waals surface area contributed by atoms with Crippen molar-refractivity contribution in [3.8, 4) is 17.1 Å². The first-order valence-electron chi connectivity index (χ1n) is 8.08. The van der Waals surface area contributed by atoms with Crippen LogP contribution in [0.1, 0.15) is 16.2 Å². The van der Waals surface area contributed by atoms with E-state index in [2.05, 4.69) is 20.1 Å². The summed E-state index contributed by atoms with van der Waals surface area (Å²) in [5.41, 5.74) is 2.43. The second-order valence-corrected chi connectivity index (χ2v) is 5.58. The van der Waals surface area contributed by atoms with Crippen molar-refractivity contribution in [2.45, 2.75) is 6.61 Å². The Balaban J connectivity index is 1.45. The third kappa shape index (κ3) is 3.59. The normalized spacial score (nSPS) is 10.7. The van der Waals surface area contributed by atoms with Crippen LogP contribution in [0.5, 0.6) is 5.75 Å². The number of rotatable bonds is 5. The fraction of sp³-hybridized carbons (Fsp3) is 0.105. The molecule has 0 amide bonds. The highest BCUT2D eigenvalue weighted by molar-refractivity contribution is 5.93. The number of nitrogens with zero attached hydrogens (tertiary/aromatic N) is 4. The lowest BCUT2D eigenvalue weighted by Gasteiger charge is -2.03. The van der Waals surface area contributed by atoms with Gasteiger partial charge in [-0.05, 0) is 30.3 Å². The zero-order valence-electron chi connectivity index (χ0n) is 14.3. The average Bonchev–Trinajstić information content (AvgIpc) is 3.21. The third-order valence-corrected chi connectivity index (χ3v) is 3.83. The summed E-state index contributed by atoms with van der Waals surface area (Å²) in [6.45, 7) is -0.131. The van der Waals surface area contributed by atoms with Gasteiger partial charge in [0.15, 0.2) is 6.61 Å². The van der Waals surface area contributed by atoms with E-state index >= 15 is 0 Å². The van der Waals surface area contributed by atoms with E-state index in [9.17, 15) is 4.79 Å². The molecule has 0 bridgehead atoms. The van der Waals surface area contributed by atoms with Crippen molar-refractivity contribution in [3.05, 3.63) is 66.3 Å². The second kappa shape index (κ2) is 7.20. The summed E-state index contributed by atoms with van der Waals surface area (Å²) in [5, 5.41) is 3.90. The predicted molar refractivity (Wildman–Crippen MR) is 94.9 cm³/mol. The Morgan fingerprint density at radius 1 is 1.07 bits per heavy atom. The molecule has 0 atom stereocenters. The van der Waals surface area contributed by atoms with Crippen LogP contribution >= 0.6 is 0 Å². The summed E-state index contributed by atoms with van der Waals surface area (Å²) in [7, 11) is 1.58. The number of hydrogen-bond acceptors (Lipinski definition) is 8. The Bertz CT molecular complexity index is 1110. The lowest BCUT2D eigenvalue weighted by molar-refractivity contribution is 0.0430. The number of ether oxygens (including phenoxy) is 2. The van der Waals surface area contributed by atoms with Crippen LogP contribution in [0.3, 0.4) is 0 Å². The molecular formula is C19H14N4O4. The smallest absolute Gasteiger partial charge is 0.338 e. The standard InChI is InChI=1S/C19H14N4O4/c1-25-14-4-2-3-12(9-14)18-22-17(27-23-18)11-26-19(24)13-5-6-15-16(10-13)21-8-7-20-15/h2-10H,11H2,1H3. The first kappa shape index (κ1) is 16.6. The molecule has 8 heteroatoms. The van der Waals surface area contributed by atoms with Gasteiger partial charge in [-0.2, -0.15) is 4.98 Å². The molecule has 2 heterocycles. The number of esters is 1. The van der Waals surface area contributed by atoms with E-state index in [1.165, 1.54) is 0 Å². The second-order valence-electron chi connectivity index (χ2n) is 5.58. The van der Waals surface area contributed by atoms with Gasteiger partial charge in [-0.15, -0.1) is 0 Å². The lowest BCUT2D eigenvalue weighted by Crippen LogP contribution is -2.05. The molecule has 0 aliphatic heterocycles. The minimum absolute atomic E-state index is 0.131. The van der Waals surface area contributed by atoms with Gasteiger partial charge in [0.05, 0.1) is 23.7 Å². The van der Waals surface area contributed by atoms with Crippen LogP contribution in [-0.2, 0) is 11.3 Å². The first-order chi connectivity index (χ1) is 13.2. The Hall–Kier alpha value is -3.81. The minimum Gasteiger partial charge on any atom is -0.497 e. The summed E-state index contributed by atoms with van der Waals surface area (Å²) in [6.07, 6.45) is 3.16. The minimum atomic E-state index is -0.510. The molecule has 0 saturated carbocycles. The van der Waals surface area contributed by atoms with Crippen LogP contribution in [0.4, 0.5) is 0 Å². The van der Waals surface area contributed by atoms with Crippen LogP contribution in [-0.4, -0.2) is 33.2 Å². The molecule has 0 radical (unpaired) electrons. The van der Waals surface area contributed by atoms with Gasteiger partial charge in [0, 0.05) is 18.0 Å². The molecule has 4 rings (SSSR count). The van der Waals surface area contributed by atoms with E-state index in [4.69, 9.17) is 14.0 Å². The molecule has 2 aromatic heterocycles. The zero-order valence-corrected chi connectivity index (χ0v) is 14.3. The highest BCUT2D eigenvalue weighted by Gasteiger charge is 2.13. The maximum Gasteiger partial charge on any atom is 0.338 e. The van der Waals surface area contributed by atoms with Crippen molar-refractivity contribution in [3.63, 3.8) is 0 Å². The van der Waals surface area contributed by atoms with E-state index in [0.29, 0.717) is 28.2 Å². The van der Waals surface area contributed by atoms with Crippen molar-refractivity contribution in [1.82, 2.24) is 20.1 Å². The molecule has 0 saturated heterocycles. The number of carbonyl (C=O) groups is 1. The van der Waals surface area contributed by atoms with E-state index in [1.807, 2.05) is 18.2 Å². The van der Waals surface area contributed by atoms with Crippen molar-refractivity contribution in [2.75, 3.05) is 7.11 Å². The highest BCUT2D eigenvalue weighted by Crippen LogP contribution is 2.21. The highest BCUT2D eigenvalue weighted by atomic mass is 16.6. The summed E-state index contributed by atoms with van der Waals surface area (Å²) in [6, 6.07) is 12.2. The molecule has 0 aliphatic carbocycles. The molecule has 27 heavy (non-hydrogen) atoms. The van der Waals surface area contributed by atoms with Crippen molar-refractivity contribution >= 4 is 17.0 Å². The van der Waals surface area contributed by atoms with E-state index in [0.717, 1.165) is 5.56 Å². The SMILES string of the molecule is COc1cccc(-c2noc(COC(=O)c3ccc4nccnc4c3)n2)c1. The summed E-state index contributed by atoms with van der Waals surface area (Å²) in [5.74, 6) is 0.760. The largest absolute Gasteiger partial charge is 0.497 e. The van der Waals surface area contributed by atoms with Gasteiger partial charge < -0.3 is 14.0 Å². The average molecular weight is 362 g/mol. The number of fused-ring (bicyclic) bond motifs is 1. The third-order valence-electron chi connectivity index (χ3n) is 3.83. The number of methoxy groups -OCH3 is 1. The van der Waals surface area contributed by atoms with Gasteiger partial charge in [0.25, 0.3) is 5.89 Å². The van der Waals surface area contributed by atoms with E-state index < -0.39 is 5.97 Å². The number of benzene rings is 2. The van der Waals surface area contributed by atoms with Gasteiger partial charge >= 0.3 is 5.97 Å². The zero-order chi connectivity index (χ0) is 18.6. The van der Waals surface area contributed by atoms with E-state index in [-0.39, 0.29) is 12.5 Å². The maximum absolute atomic E-state index is 12.2. The Morgan fingerprint density at radius 2 is 1.93 bits per heavy atom. The fourth-order valence-electron chi connectivity index (χ4n) is 2.49. The molecule has 2 aromatic carbocycles. The Labute approximate surface area is 153 Å². The molecule has 8 nitrogen and oxygen atoms in total. The van der Waals surface area contributed by atoms with Crippen LogP contribution < -0.4 is 4.74 Å². The van der Waals surface area contributed by atoms with Crippen LogP contribution in [0.15, 0.2) is 59.4 Å². The van der Waals surface area contributed by atoms with Crippen molar-refractivity contribution in [2.24, 2.45) is 0 Å². The maximum atomic E-state index is 12.2. The van der Waals surface area contributed by atoms with Crippen LogP contribution in [0.25, 0.3) is 22.4 Å². The monoisotopic (exact) mass is 362 g/mol. The summed E-state index contributed by atoms with van der Waals surface area (Å²) < 4.78 is 15.6. The van der Waals surface area contributed by atoms with Gasteiger partial charge in [-0.1, -0.05) is 17.3 Å². The van der Waals surface area contributed by atoms with Gasteiger partial charge in [-0.3, -0.25) is 9.97 Å². The molecule has 4 aromatic rings. The number of carbonyl (C=O) groups excluding carboxylic acids is 1. The van der Waals surface area contributed by atoms with Gasteiger partial charge in [0.2, 0.25) is 5.82 Å². The molecular weight excluding hydrogens is 348 g/mol. The summed E-state index contributed by atoms with van der Waals surface area (Å²) in [4.78, 5) is 24.8. The molecule has 0 fully saturated rings.